The van der Waals surface area contributed by atoms with Gasteiger partial charge in [-0.15, -0.1) is 10.2 Å². The Morgan fingerprint density at radius 1 is 1.19 bits per heavy atom. The summed E-state index contributed by atoms with van der Waals surface area (Å²) in [5, 5.41) is 11.6. The molecule has 1 fully saturated rings. The van der Waals surface area contributed by atoms with E-state index in [9.17, 15) is 9.59 Å². The first-order chi connectivity index (χ1) is 13.0. The minimum atomic E-state index is -0.213. The van der Waals surface area contributed by atoms with Crippen LogP contribution in [0.25, 0.3) is 0 Å². The lowest BCUT2D eigenvalue weighted by atomic mass is 10.2. The number of hydrogen-bond donors (Lipinski definition) is 1. The van der Waals surface area contributed by atoms with Crippen molar-refractivity contribution in [2.45, 2.75) is 19.8 Å². The number of anilines is 2. The molecule has 0 radical (unpaired) electrons. The molecule has 2 heterocycles. The highest BCUT2D eigenvalue weighted by molar-refractivity contribution is 7.15. The highest BCUT2D eigenvalue weighted by Crippen LogP contribution is 2.22. The van der Waals surface area contributed by atoms with Crippen molar-refractivity contribution in [1.29, 1.82) is 0 Å². The molecular weight excluding hydrogens is 366 g/mol. The van der Waals surface area contributed by atoms with Crippen LogP contribution in [-0.2, 0) is 9.59 Å². The highest BCUT2D eigenvalue weighted by atomic mass is 32.1. The molecule has 8 nitrogen and oxygen atoms in total. The number of nitrogens with one attached hydrogen (secondary N) is 1. The van der Waals surface area contributed by atoms with E-state index in [-0.39, 0.29) is 24.7 Å². The van der Waals surface area contributed by atoms with Gasteiger partial charge >= 0.3 is 0 Å². The predicted octanol–water partition coefficient (Wildman–Crippen LogP) is 1.92. The van der Waals surface area contributed by atoms with E-state index in [4.69, 9.17) is 4.74 Å². The first-order valence-electron chi connectivity index (χ1n) is 8.82. The molecule has 0 aliphatic carbocycles. The van der Waals surface area contributed by atoms with E-state index in [1.807, 2.05) is 36.1 Å². The second-order valence-corrected chi connectivity index (χ2v) is 7.43. The van der Waals surface area contributed by atoms with E-state index in [0.29, 0.717) is 18.2 Å². The van der Waals surface area contributed by atoms with E-state index >= 15 is 0 Å². The number of amides is 2. The lowest BCUT2D eigenvalue weighted by Gasteiger charge is -2.36. The van der Waals surface area contributed by atoms with Crippen LogP contribution in [0.3, 0.4) is 0 Å². The summed E-state index contributed by atoms with van der Waals surface area (Å²) in [5.41, 5.74) is 1.09. The first kappa shape index (κ1) is 19.1. The second kappa shape index (κ2) is 8.81. The van der Waals surface area contributed by atoms with Gasteiger partial charge < -0.3 is 19.9 Å². The Hall–Kier alpha value is -2.68. The summed E-state index contributed by atoms with van der Waals surface area (Å²) in [6.45, 7) is 4.63. The van der Waals surface area contributed by atoms with Crippen molar-refractivity contribution in [3.8, 4) is 5.75 Å². The zero-order valence-electron chi connectivity index (χ0n) is 15.5. The number of rotatable bonds is 6. The minimum absolute atomic E-state index is 0.00360. The molecule has 9 heteroatoms. The number of piperazine rings is 1. The maximum atomic E-state index is 12.4. The second-order valence-electron chi connectivity index (χ2n) is 6.24. The number of aryl methyl sites for hydroxylation is 1. The fourth-order valence-corrected chi connectivity index (χ4v) is 3.54. The molecule has 2 aromatic rings. The summed E-state index contributed by atoms with van der Waals surface area (Å²) in [4.78, 5) is 28.4. The maximum absolute atomic E-state index is 12.4. The molecule has 1 saturated heterocycles. The summed E-state index contributed by atoms with van der Waals surface area (Å²) in [6.07, 6.45) is 0.344. The summed E-state index contributed by atoms with van der Waals surface area (Å²) >= 11 is 1.32. The van der Waals surface area contributed by atoms with Gasteiger partial charge in [-0.05, 0) is 19.1 Å². The van der Waals surface area contributed by atoms with Crippen molar-refractivity contribution in [3.63, 3.8) is 0 Å². The van der Waals surface area contributed by atoms with Gasteiger partial charge in [0.2, 0.25) is 16.9 Å². The van der Waals surface area contributed by atoms with Gasteiger partial charge in [-0.1, -0.05) is 17.4 Å². The lowest BCUT2D eigenvalue weighted by molar-refractivity contribution is -0.133. The summed E-state index contributed by atoms with van der Waals surface area (Å²) in [6, 6.07) is 7.91. The standard InChI is InChI=1S/C18H23N5O3S/c1-13-20-21-18(27-13)19-16(24)6-7-17(25)23-10-8-22(9-11-23)14-4-3-5-15(12-14)26-2/h3-5,12H,6-11H2,1-2H3,(H,19,21,24). The van der Waals surface area contributed by atoms with Gasteiger partial charge in [0.25, 0.3) is 0 Å². The monoisotopic (exact) mass is 389 g/mol. The quantitative estimate of drug-likeness (QED) is 0.812. The first-order valence-corrected chi connectivity index (χ1v) is 9.63. The van der Waals surface area contributed by atoms with Crippen LogP contribution in [0.1, 0.15) is 17.8 Å². The van der Waals surface area contributed by atoms with Crippen molar-refractivity contribution in [3.05, 3.63) is 29.3 Å². The Kier molecular flexibility index (Phi) is 6.23. The van der Waals surface area contributed by atoms with Crippen LogP contribution in [0.5, 0.6) is 5.75 Å². The van der Waals surface area contributed by atoms with Crippen LogP contribution >= 0.6 is 11.3 Å². The van der Waals surface area contributed by atoms with Crippen LogP contribution in [0.4, 0.5) is 10.8 Å². The average Bonchev–Trinajstić information content (AvgIpc) is 3.10. The molecule has 144 valence electrons. The molecule has 1 N–H and O–H groups in total. The Morgan fingerprint density at radius 2 is 1.96 bits per heavy atom. The number of benzene rings is 1. The fourth-order valence-electron chi connectivity index (χ4n) is 2.93. The number of methoxy groups -OCH3 is 1. The molecule has 1 aliphatic heterocycles. The van der Waals surface area contributed by atoms with Crippen LogP contribution in [0.15, 0.2) is 24.3 Å². The minimum Gasteiger partial charge on any atom is -0.497 e. The summed E-state index contributed by atoms with van der Waals surface area (Å²) in [5.74, 6) is 0.612. The summed E-state index contributed by atoms with van der Waals surface area (Å²) < 4.78 is 5.27. The van der Waals surface area contributed by atoms with Crippen molar-refractivity contribution in [2.24, 2.45) is 0 Å². The molecule has 0 atom stereocenters. The number of carbonyl (C=O) groups excluding carboxylic acids is 2. The Morgan fingerprint density at radius 3 is 2.63 bits per heavy atom. The number of nitrogens with zero attached hydrogens (tertiary/aromatic N) is 4. The third kappa shape index (κ3) is 5.16. The number of aromatic nitrogens is 2. The topological polar surface area (TPSA) is 87.7 Å². The lowest BCUT2D eigenvalue weighted by Crippen LogP contribution is -2.48. The van der Waals surface area contributed by atoms with E-state index in [0.717, 1.165) is 29.5 Å². The van der Waals surface area contributed by atoms with E-state index in [1.165, 1.54) is 11.3 Å². The van der Waals surface area contributed by atoms with Crippen molar-refractivity contribution in [2.75, 3.05) is 43.5 Å². The third-order valence-electron chi connectivity index (χ3n) is 4.39. The van der Waals surface area contributed by atoms with Crippen LogP contribution in [0, 0.1) is 6.92 Å². The van der Waals surface area contributed by atoms with Gasteiger partial charge in [-0.3, -0.25) is 9.59 Å². The molecule has 0 saturated carbocycles. The van der Waals surface area contributed by atoms with Crippen molar-refractivity contribution >= 4 is 34.0 Å². The Bertz CT molecular complexity index is 802. The molecule has 1 aliphatic rings. The molecule has 2 amide bonds. The number of carbonyl (C=O) groups is 2. The Labute approximate surface area is 162 Å². The SMILES string of the molecule is COc1cccc(N2CCN(C(=O)CCC(=O)Nc3nnc(C)s3)CC2)c1. The van der Waals surface area contributed by atoms with E-state index in [1.54, 1.807) is 7.11 Å². The van der Waals surface area contributed by atoms with Gasteiger partial charge in [-0.25, -0.2) is 0 Å². The van der Waals surface area contributed by atoms with Crippen LogP contribution in [0.2, 0.25) is 0 Å². The molecule has 0 unspecified atom stereocenters. The molecule has 3 rings (SSSR count). The fraction of sp³-hybridized carbons (Fsp3) is 0.444. The molecule has 27 heavy (non-hydrogen) atoms. The van der Waals surface area contributed by atoms with Crippen molar-refractivity contribution in [1.82, 2.24) is 15.1 Å². The predicted molar refractivity (Wildman–Crippen MR) is 104 cm³/mol. The zero-order chi connectivity index (χ0) is 19.2. The van der Waals surface area contributed by atoms with Crippen LogP contribution < -0.4 is 15.0 Å². The summed E-state index contributed by atoms with van der Waals surface area (Å²) in [7, 11) is 1.65. The highest BCUT2D eigenvalue weighted by Gasteiger charge is 2.22. The van der Waals surface area contributed by atoms with Gasteiger partial charge in [0.15, 0.2) is 0 Å². The van der Waals surface area contributed by atoms with E-state index < -0.39 is 0 Å². The average molecular weight is 389 g/mol. The smallest absolute Gasteiger partial charge is 0.226 e. The zero-order valence-corrected chi connectivity index (χ0v) is 16.3. The normalized spacial score (nSPS) is 14.1. The van der Waals surface area contributed by atoms with E-state index in [2.05, 4.69) is 20.4 Å². The number of ether oxygens (including phenoxy) is 1. The molecule has 0 spiro atoms. The van der Waals surface area contributed by atoms with Gasteiger partial charge in [0, 0.05) is 50.8 Å². The van der Waals surface area contributed by atoms with Gasteiger partial charge in [0.1, 0.15) is 10.8 Å². The third-order valence-corrected chi connectivity index (χ3v) is 5.14. The van der Waals surface area contributed by atoms with Crippen molar-refractivity contribution < 1.29 is 14.3 Å². The van der Waals surface area contributed by atoms with Crippen LogP contribution in [-0.4, -0.2) is 60.2 Å². The number of hydrogen-bond acceptors (Lipinski definition) is 7. The Balaban J connectivity index is 1.43. The molecule has 1 aromatic carbocycles. The molecular formula is C18H23N5O3S. The molecule has 1 aromatic heterocycles. The molecule has 0 bridgehead atoms. The maximum Gasteiger partial charge on any atom is 0.226 e. The largest absolute Gasteiger partial charge is 0.497 e. The van der Waals surface area contributed by atoms with Gasteiger partial charge in [0.05, 0.1) is 7.11 Å². The van der Waals surface area contributed by atoms with Gasteiger partial charge in [-0.2, -0.15) is 0 Å².